The summed E-state index contributed by atoms with van der Waals surface area (Å²) >= 11 is 7.28. The van der Waals surface area contributed by atoms with Gasteiger partial charge >= 0.3 is 0 Å². The summed E-state index contributed by atoms with van der Waals surface area (Å²) in [4.78, 5) is 17.0. The van der Waals surface area contributed by atoms with Crippen molar-refractivity contribution in [2.45, 2.75) is 39.3 Å². The van der Waals surface area contributed by atoms with Gasteiger partial charge in [-0.05, 0) is 43.2 Å². The molecule has 0 bridgehead atoms. The van der Waals surface area contributed by atoms with Gasteiger partial charge in [-0.3, -0.25) is 4.79 Å². The van der Waals surface area contributed by atoms with Gasteiger partial charge in [0.25, 0.3) is 0 Å². The van der Waals surface area contributed by atoms with E-state index in [9.17, 15) is 9.90 Å². The maximum absolute atomic E-state index is 11.6. The lowest BCUT2D eigenvalue weighted by Crippen LogP contribution is -2.39. The van der Waals surface area contributed by atoms with Crippen LogP contribution in [-0.4, -0.2) is 30.1 Å². The third-order valence-corrected chi connectivity index (χ3v) is 5.20. The first-order valence-electron chi connectivity index (χ1n) is 9.36. The maximum Gasteiger partial charge on any atom is 0.224 e. The number of hydrogen-bond donors (Lipinski definition) is 4. The highest BCUT2D eigenvalue weighted by atomic mass is 35.5. The summed E-state index contributed by atoms with van der Waals surface area (Å²) in [7, 11) is 0. The molecule has 0 aliphatic carbocycles. The van der Waals surface area contributed by atoms with E-state index in [2.05, 4.69) is 20.9 Å². The summed E-state index contributed by atoms with van der Waals surface area (Å²) in [5.41, 5.74) is 1.81. The van der Waals surface area contributed by atoms with E-state index < -0.39 is 6.10 Å². The number of rotatable bonds is 9. The van der Waals surface area contributed by atoms with E-state index in [-0.39, 0.29) is 5.91 Å². The number of carbonyl (C=O) groups excluding carboxylic acids is 1. The predicted molar refractivity (Wildman–Crippen MR) is 117 cm³/mol. The smallest absolute Gasteiger partial charge is 0.224 e. The molecular weight excluding hydrogens is 396 g/mol. The molecule has 2 aromatic rings. The van der Waals surface area contributed by atoms with Gasteiger partial charge in [0.15, 0.2) is 5.96 Å². The van der Waals surface area contributed by atoms with Gasteiger partial charge in [-0.2, -0.15) is 0 Å². The van der Waals surface area contributed by atoms with Crippen LogP contribution >= 0.6 is 22.9 Å². The van der Waals surface area contributed by atoms with Crippen LogP contribution in [0.15, 0.2) is 41.4 Å². The van der Waals surface area contributed by atoms with Crippen LogP contribution < -0.4 is 16.0 Å². The molecule has 8 heteroatoms. The molecule has 1 heterocycles. The fourth-order valence-corrected chi connectivity index (χ4v) is 3.50. The average Bonchev–Trinajstić information content (AvgIpc) is 3.11. The average molecular weight is 423 g/mol. The number of guanidine groups is 1. The molecule has 2 rings (SSSR count). The lowest BCUT2D eigenvalue weighted by molar-refractivity contribution is -0.116. The lowest BCUT2D eigenvalue weighted by Gasteiger charge is -2.14. The Hall–Kier alpha value is -2.09. The van der Waals surface area contributed by atoms with E-state index in [1.807, 2.05) is 44.2 Å². The molecule has 0 radical (unpaired) electrons. The fourth-order valence-electron chi connectivity index (χ4n) is 2.46. The van der Waals surface area contributed by atoms with Crippen molar-refractivity contribution in [2.75, 3.05) is 18.4 Å². The zero-order valence-electron chi connectivity index (χ0n) is 16.2. The highest BCUT2D eigenvalue weighted by Gasteiger charge is 2.11. The highest BCUT2D eigenvalue weighted by Crippen LogP contribution is 2.26. The zero-order chi connectivity index (χ0) is 20.4. The molecule has 1 aromatic heterocycles. The monoisotopic (exact) mass is 422 g/mol. The number of amides is 1. The summed E-state index contributed by atoms with van der Waals surface area (Å²) < 4.78 is 0.656. The second kappa shape index (κ2) is 11.7. The van der Waals surface area contributed by atoms with E-state index >= 15 is 0 Å². The van der Waals surface area contributed by atoms with Crippen molar-refractivity contribution in [1.29, 1.82) is 0 Å². The first-order valence-corrected chi connectivity index (χ1v) is 10.6. The van der Waals surface area contributed by atoms with Crippen molar-refractivity contribution < 1.29 is 9.90 Å². The van der Waals surface area contributed by atoms with Crippen molar-refractivity contribution in [3.63, 3.8) is 0 Å². The Morgan fingerprint density at radius 2 is 1.93 bits per heavy atom. The van der Waals surface area contributed by atoms with E-state index in [4.69, 9.17) is 11.6 Å². The molecule has 0 spiro atoms. The molecule has 1 unspecified atom stereocenters. The minimum absolute atomic E-state index is 0.0255. The Morgan fingerprint density at radius 3 is 2.54 bits per heavy atom. The van der Waals surface area contributed by atoms with Crippen molar-refractivity contribution in [2.24, 2.45) is 4.99 Å². The second-order valence-electron chi connectivity index (χ2n) is 6.23. The summed E-state index contributed by atoms with van der Waals surface area (Å²) in [5, 5.41) is 19.4. The third-order valence-electron chi connectivity index (χ3n) is 3.86. The van der Waals surface area contributed by atoms with Crippen molar-refractivity contribution in [3.8, 4) is 0 Å². The van der Waals surface area contributed by atoms with Crippen LogP contribution in [0, 0.1) is 0 Å². The lowest BCUT2D eigenvalue weighted by atomic mass is 10.2. The summed E-state index contributed by atoms with van der Waals surface area (Å²) in [5.74, 6) is 0.655. The van der Waals surface area contributed by atoms with E-state index in [0.29, 0.717) is 29.8 Å². The Morgan fingerprint density at radius 1 is 1.18 bits per heavy atom. The van der Waals surface area contributed by atoms with Gasteiger partial charge < -0.3 is 21.1 Å². The quantitative estimate of drug-likeness (QED) is 0.364. The minimum Gasteiger partial charge on any atom is -0.386 e. The number of halogens is 1. The number of hydrogen-bond acceptors (Lipinski definition) is 4. The molecular formula is C20H27ClN4O2S. The largest absolute Gasteiger partial charge is 0.386 e. The number of aliphatic hydroxyl groups excluding tert-OH is 1. The predicted octanol–water partition coefficient (Wildman–Crippen LogP) is 3.93. The van der Waals surface area contributed by atoms with Gasteiger partial charge in [0, 0.05) is 30.1 Å². The van der Waals surface area contributed by atoms with Gasteiger partial charge in [-0.15, -0.1) is 11.3 Å². The number of benzene rings is 1. The molecule has 28 heavy (non-hydrogen) atoms. The first kappa shape index (κ1) is 22.2. The number of aliphatic imine (C=N–C) groups is 1. The molecule has 0 saturated heterocycles. The van der Waals surface area contributed by atoms with Gasteiger partial charge in [-0.1, -0.05) is 30.7 Å². The van der Waals surface area contributed by atoms with Gasteiger partial charge in [0.2, 0.25) is 5.91 Å². The maximum atomic E-state index is 11.6. The first-order chi connectivity index (χ1) is 13.5. The zero-order valence-corrected chi connectivity index (χ0v) is 17.7. The van der Waals surface area contributed by atoms with Crippen molar-refractivity contribution >= 4 is 40.5 Å². The Kier molecular flexibility index (Phi) is 9.27. The molecule has 0 saturated carbocycles. The van der Waals surface area contributed by atoms with Crippen LogP contribution in [-0.2, 0) is 11.3 Å². The minimum atomic E-state index is -0.646. The van der Waals surface area contributed by atoms with Crippen molar-refractivity contribution in [3.05, 3.63) is 51.2 Å². The number of nitrogens with zero attached hydrogens (tertiary/aromatic N) is 1. The SMILES string of the molecule is CCCC(=O)Nc1ccc(CN=C(NCC)NCC(O)c2ccc(Cl)s2)cc1. The molecule has 1 aromatic carbocycles. The fraction of sp³-hybridized carbons (Fsp3) is 0.400. The Labute approximate surface area is 175 Å². The number of nitrogens with one attached hydrogen (secondary N) is 3. The summed E-state index contributed by atoms with van der Waals surface area (Å²) in [6, 6.07) is 11.2. The van der Waals surface area contributed by atoms with Gasteiger partial charge in [0.05, 0.1) is 10.9 Å². The van der Waals surface area contributed by atoms with Crippen LogP contribution in [0.1, 0.15) is 43.2 Å². The molecule has 6 nitrogen and oxygen atoms in total. The molecule has 4 N–H and O–H groups in total. The second-order valence-corrected chi connectivity index (χ2v) is 7.98. The highest BCUT2D eigenvalue weighted by molar-refractivity contribution is 7.16. The van der Waals surface area contributed by atoms with Crippen LogP contribution in [0.4, 0.5) is 5.69 Å². The molecule has 0 aliphatic heterocycles. The molecule has 152 valence electrons. The van der Waals surface area contributed by atoms with Gasteiger partial charge in [0.1, 0.15) is 6.10 Å². The topological polar surface area (TPSA) is 85.8 Å². The summed E-state index contributed by atoms with van der Waals surface area (Å²) in [6.45, 7) is 5.51. The standard InChI is InChI=1S/C20H27ClN4O2S/c1-3-5-19(27)25-15-8-6-14(7-9-15)12-23-20(22-4-2)24-13-16(26)17-10-11-18(21)28-17/h6-11,16,26H,3-5,12-13H2,1-2H3,(H,25,27)(H2,22,23,24). The number of carbonyl (C=O) groups is 1. The molecule has 0 aliphatic rings. The van der Waals surface area contributed by atoms with Gasteiger partial charge in [-0.25, -0.2) is 4.99 Å². The number of anilines is 1. The van der Waals surface area contributed by atoms with Crippen molar-refractivity contribution in [1.82, 2.24) is 10.6 Å². The van der Waals surface area contributed by atoms with Crippen LogP contribution in [0.5, 0.6) is 0 Å². The number of thiophene rings is 1. The Bertz CT molecular complexity index is 777. The van der Waals surface area contributed by atoms with Crippen LogP contribution in [0.2, 0.25) is 4.34 Å². The summed E-state index contributed by atoms with van der Waals surface area (Å²) in [6.07, 6.45) is 0.702. The van der Waals surface area contributed by atoms with Crippen LogP contribution in [0.3, 0.4) is 0 Å². The van der Waals surface area contributed by atoms with E-state index in [1.54, 1.807) is 6.07 Å². The third kappa shape index (κ3) is 7.50. The normalized spacial score (nSPS) is 12.5. The van der Waals surface area contributed by atoms with Crippen LogP contribution in [0.25, 0.3) is 0 Å². The van der Waals surface area contributed by atoms with E-state index in [1.165, 1.54) is 11.3 Å². The molecule has 0 fully saturated rings. The van der Waals surface area contributed by atoms with E-state index in [0.717, 1.165) is 29.1 Å². The number of aliphatic hydroxyl groups is 1. The molecule has 1 atom stereocenters. The Balaban J connectivity index is 1.89. The molecule has 1 amide bonds.